The summed E-state index contributed by atoms with van der Waals surface area (Å²) in [4.78, 5) is 13.9. The second-order valence-electron chi connectivity index (χ2n) is 6.69. The first kappa shape index (κ1) is 19.6. The van der Waals surface area contributed by atoms with Crippen molar-refractivity contribution in [1.29, 1.82) is 0 Å². The predicted molar refractivity (Wildman–Crippen MR) is 108 cm³/mol. The molecule has 144 valence electrons. The van der Waals surface area contributed by atoms with E-state index in [0.29, 0.717) is 5.69 Å². The molecule has 0 atom stereocenters. The lowest BCUT2D eigenvalue weighted by Crippen LogP contribution is -2.23. The molecule has 0 saturated heterocycles. The third-order valence-corrected chi connectivity index (χ3v) is 6.88. The van der Waals surface area contributed by atoms with Crippen LogP contribution in [-0.2, 0) is 23.6 Å². The quantitative estimate of drug-likeness (QED) is 0.685. The second-order valence-corrected chi connectivity index (χ2v) is 9.49. The van der Waals surface area contributed by atoms with Crippen molar-refractivity contribution in [2.75, 3.05) is 0 Å². The fourth-order valence-corrected chi connectivity index (χ4v) is 4.86. The molecule has 0 saturated carbocycles. The molecule has 27 heavy (non-hydrogen) atoms. The van der Waals surface area contributed by atoms with Crippen LogP contribution >= 0.6 is 11.3 Å². The number of hydrogen-bond acceptors (Lipinski definition) is 4. The zero-order chi connectivity index (χ0) is 19.8. The monoisotopic (exact) mass is 405 g/mol. The summed E-state index contributed by atoms with van der Waals surface area (Å²) in [6.45, 7) is 6.16. The van der Waals surface area contributed by atoms with Crippen molar-refractivity contribution in [3.8, 4) is 5.69 Å². The average Bonchev–Trinajstić information content (AvgIpc) is 3.21. The van der Waals surface area contributed by atoms with E-state index in [9.17, 15) is 13.2 Å². The lowest BCUT2D eigenvalue weighted by atomic mass is 10.0. The normalized spacial score (nSPS) is 12.0. The summed E-state index contributed by atoms with van der Waals surface area (Å²) in [7, 11) is -1.78. The van der Waals surface area contributed by atoms with E-state index in [-0.39, 0.29) is 22.9 Å². The average molecular weight is 406 g/mol. The minimum Gasteiger partial charge on any atom is -0.285 e. The molecule has 0 aliphatic carbocycles. The number of sulfonamides is 1. The molecule has 0 radical (unpaired) electrons. The maximum Gasteiger partial charge on any atom is 0.275 e. The van der Waals surface area contributed by atoms with Crippen molar-refractivity contribution in [2.45, 2.75) is 38.1 Å². The van der Waals surface area contributed by atoms with Crippen LogP contribution < -0.4 is 10.3 Å². The molecule has 3 aromatic rings. The molecule has 0 bridgehead atoms. The number of nitrogens with zero attached hydrogens (tertiary/aromatic N) is 2. The minimum atomic E-state index is -3.61. The molecule has 0 unspecified atom stereocenters. The van der Waals surface area contributed by atoms with Crippen LogP contribution in [0.3, 0.4) is 0 Å². The molecule has 0 aliphatic rings. The lowest BCUT2D eigenvalue weighted by molar-refractivity contribution is 0.581. The molecule has 6 nitrogen and oxygen atoms in total. The molecule has 1 aromatic carbocycles. The summed E-state index contributed by atoms with van der Waals surface area (Å²) < 4.78 is 30.9. The van der Waals surface area contributed by atoms with Crippen LogP contribution in [0.1, 0.15) is 35.9 Å². The number of rotatable bonds is 6. The van der Waals surface area contributed by atoms with Gasteiger partial charge in [-0.1, -0.05) is 19.9 Å². The molecule has 2 heterocycles. The maximum atomic E-state index is 12.8. The van der Waals surface area contributed by atoms with Crippen LogP contribution in [-0.4, -0.2) is 17.8 Å². The number of benzene rings is 1. The Morgan fingerprint density at radius 1 is 1.15 bits per heavy atom. The van der Waals surface area contributed by atoms with Crippen molar-refractivity contribution in [2.24, 2.45) is 7.05 Å². The first-order chi connectivity index (χ1) is 12.7. The Labute approximate surface area is 163 Å². The fourth-order valence-electron chi connectivity index (χ4n) is 3.11. The maximum absolute atomic E-state index is 12.8. The summed E-state index contributed by atoms with van der Waals surface area (Å²) in [6, 6.07) is 10.1. The topological polar surface area (TPSA) is 73.1 Å². The van der Waals surface area contributed by atoms with Crippen molar-refractivity contribution >= 4 is 21.4 Å². The summed E-state index contributed by atoms with van der Waals surface area (Å²) in [6.07, 6.45) is 0. The van der Waals surface area contributed by atoms with Crippen LogP contribution in [0.2, 0.25) is 0 Å². The minimum absolute atomic E-state index is 0.0728. The Morgan fingerprint density at radius 2 is 1.81 bits per heavy atom. The Balaban J connectivity index is 1.90. The van der Waals surface area contributed by atoms with Crippen LogP contribution in [0, 0.1) is 6.92 Å². The molecule has 3 rings (SSSR count). The number of nitrogens with one attached hydrogen (secondary N) is 1. The molecule has 2 aromatic heterocycles. The summed E-state index contributed by atoms with van der Waals surface area (Å²) >= 11 is 1.50. The van der Waals surface area contributed by atoms with Crippen molar-refractivity contribution in [3.63, 3.8) is 0 Å². The molecule has 8 heteroatoms. The van der Waals surface area contributed by atoms with E-state index in [2.05, 4.69) is 4.72 Å². The van der Waals surface area contributed by atoms with Gasteiger partial charge < -0.3 is 0 Å². The van der Waals surface area contributed by atoms with Gasteiger partial charge in [0.05, 0.1) is 10.6 Å². The van der Waals surface area contributed by atoms with Gasteiger partial charge in [0.2, 0.25) is 10.0 Å². The van der Waals surface area contributed by atoms with E-state index in [0.717, 1.165) is 16.1 Å². The first-order valence-electron chi connectivity index (χ1n) is 8.63. The SMILES string of the molecule is Cc1c(C(C)C)c(=O)n(-c2ccc(S(=O)(=O)NCc3cccs3)cc2)n1C. The summed E-state index contributed by atoms with van der Waals surface area (Å²) in [5.74, 6) is 0.117. The van der Waals surface area contributed by atoms with Gasteiger partial charge >= 0.3 is 0 Å². The summed E-state index contributed by atoms with van der Waals surface area (Å²) in [5.41, 5.74) is 2.24. The van der Waals surface area contributed by atoms with E-state index >= 15 is 0 Å². The Bertz CT molecular complexity index is 1090. The second kappa shape index (κ2) is 7.46. The first-order valence-corrected chi connectivity index (χ1v) is 11.0. The Morgan fingerprint density at radius 3 is 2.33 bits per heavy atom. The van der Waals surface area contributed by atoms with Crippen LogP contribution in [0.5, 0.6) is 0 Å². The molecule has 0 spiro atoms. The van der Waals surface area contributed by atoms with Crippen LogP contribution in [0.25, 0.3) is 5.69 Å². The zero-order valence-corrected chi connectivity index (χ0v) is 17.4. The van der Waals surface area contributed by atoms with Gasteiger partial charge in [0, 0.05) is 29.7 Å². The van der Waals surface area contributed by atoms with E-state index in [1.54, 1.807) is 21.5 Å². The standard InChI is InChI=1S/C19H23N3O3S2/c1-13(2)18-14(3)21(4)22(19(18)23)15-7-9-17(10-8-15)27(24,25)20-12-16-6-5-11-26-16/h5-11,13,20H,12H2,1-4H3. The smallest absolute Gasteiger partial charge is 0.275 e. The van der Waals surface area contributed by atoms with Gasteiger partial charge in [0.1, 0.15) is 0 Å². The van der Waals surface area contributed by atoms with Gasteiger partial charge in [-0.15, -0.1) is 11.3 Å². The fraction of sp³-hybridized carbons (Fsp3) is 0.316. The van der Waals surface area contributed by atoms with Gasteiger partial charge in [0.25, 0.3) is 5.56 Å². The molecule has 0 aliphatic heterocycles. The summed E-state index contributed by atoms with van der Waals surface area (Å²) in [5, 5.41) is 1.91. The van der Waals surface area contributed by atoms with Gasteiger partial charge in [0.15, 0.2) is 0 Å². The van der Waals surface area contributed by atoms with Gasteiger partial charge in [-0.2, -0.15) is 0 Å². The van der Waals surface area contributed by atoms with Crippen LogP contribution in [0.4, 0.5) is 0 Å². The molecule has 0 amide bonds. The van der Waals surface area contributed by atoms with Crippen molar-refractivity contribution < 1.29 is 8.42 Å². The van der Waals surface area contributed by atoms with Gasteiger partial charge in [-0.3, -0.25) is 9.48 Å². The zero-order valence-electron chi connectivity index (χ0n) is 15.8. The third kappa shape index (κ3) is 3.78. The highest BCUT2D eigenvalue weighted by Gasteiger charge is 2.19. The number of thiophene rings is 1. The molecule has 0 fully saturated rings. The molecule has 1 N–H and O–H groups in total. The number of hydrogen-bond donors (Lipinski definition) is 1. The van der Waals surface area contributed by atoms with Gasteiger partial charge in [-0.05, 0) is 48.6 Å². The van der Waals surface area contributed by atoms with E-state index in [1.807, 2.05) is 45.3 Å². The largest absolute Gasteiger partial charge is 0.285 e. The Kier molecular flexibility index (Phi) is 5.41. The Hall–Kier alpha value is -2.16. The van der Waals surface area contributed by atoms with Crippen molar-refractivity contribution in [3.05, 3.63) is 68.3 Å². The van der Waals surface area contributed by atoms with E-state index < -0.39 is 10.0 Å². The third-order valence-electron chi connectivity index (χ3n) is 4.58. The van der Waals surface area contributed by atoms with Crippen LogP contribution in [0.15, 0.2) is 51.5 Å². The van der Waals surface area contributed by atoms with Crippen molar-refractivity contribution in [1.82, 2.24) is 14.1 Å². The molecular weight excluding hydrogens is 382 g/mol. The van der Waals surface area contributed by atoms with E-state index in [4.69, 9.17) is 0 Å². The highest BCUT2D eigenvalue weighted by atomic mass is 32.2. The van der Waals surface area contributed by atoms with E-state index in [1.165, 1.54) is 23.5 Å². The lowest BCUT2D eigenvalue weighted by Gasteiger charge is -2.10. The highest BCUT2D eigenvalue weighted by molar-refractivity contribution is 7.89. The number of aromatic nitrogens is 2. The molecular formula is C19H23N3O3S2. The highest BCUT2D eigenvalue weighted by Crippen LogP contribution is 2.19. The predicted octanol–water partition coefficient (Wildman–Crippen LogP) is 3.15. The van der Waals surface area contributed by atoms with Gasteiger partial charge in [-0.25, -0.2) is 17.8 Å².